The van der Waals surface area contributed by atoms with Gasteiger partial charge in [-0.05, 0) is 30.7 Å². The molecule has 0 unspecified atom stereocenters. The third-order valence-corrected chi connectivity index (χ3v) is 3.32. The molecule has 0 radical (unpaired) electrons. The molecule has 23 heavy (non-hydrogen) atoms. The van der Waals surface area contributed by atoms with Crippen molar-refractivity contribution in [1.29, 1.82) is 0 Å². The van der Waals surface area contributed by atoms with Crippen LogP contribution < -0.4 is 10.6 Å². The molecule has 7 nitrogen and oxygen atoms in total. The molecule has 0 bridgehead atoms. The molecule has 2 N–H and O–H groups in total. The summed E-state index contributed by atoms with van der Waals surface area (Å²) in [5, 5.41) is 15.5. The van der Waals surface area contributed by atoms with Crippen LogP contribution in [0.4, 0.5) is 17.1 Å². The molecule has 8 heteroatoms. The molecule has 0 atom stereocenters. The lowest BCUT2D eigenvalue weighted by molar-refractivity contribution is -0.384. The van der Waals surface area contributed by atoms with Crippen molar-refractivity contribution in [3.8, 4) is 0 Å². The number of anilines is 2. The second-order valence-electron chi connectivity index (χ2n) is 4.65. The van der Waals surface area contributed by atoms with Gasteiger partial charge in [0, 0.05) is 17.4 Å². The number of nitro benzene ring substituents is 1. The lowest BCUT2D eigenvalue weighted by Gasteiger charge is -2.08. The molecule has 0 aliphatic carbocycles. The summed E-state index contributed by atoms with van der Waals surface area (Å²) in [5.74, 6) is -1.82. The standard InChI is InChI=1S/C15H12ClN3O4/c1-9-4-2-3-5-12(9)18-15(21)14(20)17-10-6-7-11(16)13(8-10)19(22)23/h2-8H,1H3,(H,17,20)(H,18,21). The molecule has 0 aromatic heterocycles. The monoisotopic (exact) mass is 333 g/mol. The largest absolute Gasteiger partial charge is 0.318 e. The molecule has 2 aromatic rings. The Morgan fingerprint density at radius 3 is 2.39 bits per heavy atom. The third-order valence-electron chi connectivity index (χ3n) is 3.00. The highest BCUT2D eigenvalue weighted by Crippen LogP contribution is 2.27. The highest BCUT2D eigenvalue weighted by Gasteiger charge is 2.18. The molecule has 0 aliphatic heterocycles. The van der Waals surface area contributed by atoms with Crippen LogP contribution in [0.15, 0.2) is 42.5 Å². The lowest BCUT2D eigenvalue weighted by atomic mass is 10.2. The Hall–Kier alpha value is -2.93. The van der Waals surface area contributed by atoms with Gasteiger partial charge in [0.15, 0.2) is 0 Å². The number of hydrogen-bond acceptors (Lipinski definition) is 4. The summed E-state index contributed by atoms with van der Waals surface area (Å²) in [6.45, 7) is 1.79. The number of amides is 2. The number of halogens is 1. The van der Waals surface area contributed by atoms with Crippen molar-refractivity contribution in [3.63, 3.8) is 0 Å². The van der Waals surface area contributed by atoms with Gasteiger partial charge >= 0.3 is 11.8 Å². The quantitative estimate of drug-likeness (QED) is 0.511. The zero-order valence-electron chi connectivity index (χ0n) is 12.0. The van der Waals surface area contributed by atoms with Gasteiger partial charge < -0.3 is 10.6 Å². The zero-order chi connectivity index (χ0) is 17.0. The Kier molecular flexibility index (Phi) is 4.92. The van der Waals surface area contributed by atoms with Crippen molar-refractivity contribution in [2.75, 3.05) is 10.6 Å². The van der Waals surface area contributed by atoms with E-state index in [0.29, 0.717) is 5.69 Å². The van der Waals surface area contributed by atoms with Crippen LogP contribution in [0.3, 0.4) is 0 Å². The fraction of sp³-hybridized carbons (Fsp3) is 0.0667. The summed E-state index contributed by atoms with van der Waals surface area (Å²) in [6.07, 6.45) is 0. The maximum absolute atomic E-state index is 11.9. The van der Waals surface area contributed by atoms with Crippen LogP contribution in [-0.2, 0) is 9.59 Å². The fourth-order valence-electron chi connectivity index (χ4n) is 1.81. The number of nitro groups is 1. The van der Waals surface area contributed by atoms with Crippen LogP contribution in [0.5, 0.6) is 0 Å². The zero-order valence-corrected chi connectivity index (χ0v) is 12.8. The second-order valence-corrected chi connectivity index (χ2v) is 5.05. The topological polar surface area (TPSA) is 101 Å². The minimum Gasteiger partial charge on any atom is -0.318 e. The first-order chi connectivity index (χ1) is 10.9. The molecule has 0 fully saturated rings. The first-order valence-corrected chi connectivity index (χ1v) is 6.88. The van der Waals surface area contributed by atoms with Gasteiger partial charge in [0.25, 0.3) is 5.69 Å². The molecule has 0 saturated carbocycles. The van der Waals surface area contributed by atoms with Crippen LogP contribution in [0.1, 0.15) is 5.56 Å². The number of nitrogens with one attached hydrogen (secondary N) is 2. The SMILES string of the molecule is Cc1ccccc1NC(=O)C(=O)Nc1ccc(Cl)c([N+](=O)[O-])c1. The van der Waals surface area contributed by atoms with E-state index >= 15 is 0 Å². The van der Waals surface area contributed by atoms with Gasteiger partial charge in [-0.3, -0.25) is 19.7 Å². The Balaban J connectivity index is 2.10. The normalized spacial score (nSPS) is 10.0. The number of carbonyl (C=O) groups excluding carboxylic acids is 2. The number of carbonyl (C=O) groups is 2. The molecule has 0 aliphatic rings. The first-order valence-electron chi connectivity index (χ1n) is 6.50. The van der Waals surface area contributed by atoms with Crippen LogP contribution in [0.2, 0.25) is 5.02 Å². The molecule has 2 amide bonds. The lowest BCUT2D eigenvalue weighted by Crippen LogP contribution is -2.29. The number of nitrogens with zero attached hydrogens (tertiary/aromatic N) is 1. The summed E-state index contributed by atoms with van der Waals surface area (Å²) in [5.41, 5.74) is 1.06. The van der Waals surface area contributed by atoms with E-state index in [9.17, 15) is 19.7 Å². The minimum atomic E-state index is -0.940. The van der Waals surface area contributed by atoms with E-state index in [1.807, 2.05) is 0 Å². The average molecular weight is 334 g/mol. The Labute approximate surface area is 136 Å². The summed E-state index contributed by atoms with van der Waals surface area (Å²) >= 11 is 5.68. The van der Waals surface area contributed by atoms with Crippen LogP contribution in [0, 0.1) is 17.0 Å². The van der Waals surface area contributed by atoms with Gasteiger partial charge in [-0.2, -0.15) is 0 Å². The van der Waals surface area contributed by atoms with Crippen LogP contribution >= 0.6 is 11.6 Å². The van der Waals surface area contributed by atoms with Gasteiger partial charge in [-0.15, -0.1) is 0 Å². The van der Waals surface area contributed by atoms with Crippen molar-refractivity contribution < 1.29 is 14.5 Å². The van der Waals surface area contributed by atoms with Crippen molar-refractivity contribution in [1.82, 2.24) is 0 Å². The minimum absolute atomic E-state index is 0.0580. The van der Waals surface area contributed by atoms with E-state index in [0.717, 1.165) is 11.6 Å². The first kappa shape index (κ1) is 16.4. The van der Waals surface area contributed by atoms with E-state index in [1.54, 1.807) is 31.2 Å². The third kappa shape index (κ3) is 4.04. The van der Waals surface area contributed by atoms with Gasteiger partial charge in [-0.25, -0.2) is 0 Å². The molecule has 2 rings (SSSR count). The van der Waals surface area contributed by atoms with E-state index in [2.05, 4.69) is 10.6 Å². The predicted octanol–water partition coefficient (Wildman–Crippen LogP) is 3.13. The molecule has 0 saturated heterocycles. The summed E-state index contributed by atoms with van der Waals surface area (Å²) < 4.78 is 0. The molecule has 0 heterocycles. The molecule has 118 valence electrons. The fourth-order valence-corrected chi connectivity index (χ4v) is 2.00. The summed E-state index contributed by atoms with van der Waals surface area (Å²) in [6, 6.07) is 10.7. The average Bonchev–Trinajstić information content (AvgIpc) is 2.51. The highest BCUT2D eigenvalue weighted by molar-refractivity contribution is 6.43. The Morgan fingerprint density at radius 2 is 1.74 bits per heavy atom. The van der Waals surface area contributed by atoms with E-state index in [1.165, 1.54) is 12.1 Å². The number of aryl methyl sites for hydroxylation is 1. The van der Waals surface area contributed by atoms with Crippen LogP contribution in [0.25, 0.3) is 0 Å². The molecule has 0 spiro atoms. The number of benzene rings is 2. The molecular formula is C15H12ClN3O4. The summed E-state index contributed by atoms with van der Waals surface area (Å²) in [7, 11) is 0. The van der Waals surface area contributed by atoms with Gasteiger partial charge in [-0.1, -0.05) is 29.8 Å². The van der Waals surface area contributed by atoms with Gasteiger partial charge in [0.2, 0.25) is 0 Å². The summed E-state index contributed by atoms with van der Waals surface area (Å²) in [4.78, 5) is 33.9. The van der Waals surface area contributed by atoms with E-state index in [4.69, 9.17) is 11.6 Å². The molecular weight excluding hydrogens is 322 g/mol. The van der Waals surface area contributed by atoms with Crippen molar-refractivity contribution in [3.05, 3.63) is 63.2 Å². The van der Waals surface area contributed by atoms with Crippen molar-refractivity contribution in [2.24, 2.45) is 0 Å². The Morgan fingerprint density at radius 1 is 1.09 bits per heavy atom. The van der Waals surface area contributed by atoms with E-state index in [-0.39, 0.29) is 16.4 Å². The highest BCUT2D eigenvalue weighted by atomic mass is 35.5. The Bertz CT molecular complexity index is 792. The van der Waals surface area contributed by atoms with Gasteiger partial charge in [0.1, 0.15) is 5.02 Å². The number of para-hydroxylation sites is 1. The smallest absolute Gasteiger partial charge is 0.314 e. The molecule has 2 aromatic carbocycles. The maximum atomic E-state index is 11.9. The number of hydrogen-bond donors (Lipinski definition) is 2. The predicted molar refractivity (Wildman–Crippen MR) is 86.5 cm³/mol. The van der Waals surface area contributed by atoms with Crippen molar-refractivity contribution in [2.45, 2.75) is 6.92 Å². The second kappa shape index (κ2) is 6.89. The number of rotatable bonds is 3. The van der Waals surface area contributed by atoms with Gasteiger partial charge in [0.05, 0.1) is 4.92 Å². The van der Waals surface area contributed by atoms with Crippen LogP contribution in [-0.4, -0.2) is 16.7 Å². The maximum Gasteiger partial charge on any atom is 0.314 e. The van der Waals surface area contributed by atoms with E-state index < -0.39 is 16.7 Å². The van der Waals surface area contributed by atoms with Crippen molar-refractivity contribution >= 4 is 40.5 Å².